The zero-order valence-corrected chi connectivity index (χ0v) is 12.1. The second-order valence-electron chi connectivity index (χ2n) is 4.60. The summed E-state index contributed by atoms with van der Waals surface area (Å²) in [6.45, 7) is 1.53. The van der Waals surface area contributed by atoms with Gasteiger partial charge in [0.1, 0.15) is 0 Å². The number of hydrogen-bond donors (Lipinski definition) is 2. The summed E-state index contributed by atoms with van der Waals surface area (Å²) in [5, 5.41) is 13.7. The van der Waals surface area contributed by atoms with Crippen molar-refractivity contribution in [3.63, 3.8) is 0 Å². The molecule has 106 valence electrons. The summed E-state index contributed by atoms with van der Waals surface area (Å²) in [6, 6.07) is 2.88. The molecule has 0 aliphatic rings. The first-order valence-electron chi connectivity index (χ1n) is 6.18. The first-order chi connectivity index (χ1) is 9.00. The molecule has 19 heavy (non-hydrogen) atoms. The van der Waals surface area contributed by atoms with Gasteiger partial charge in [-0.15, -0.1) is 11.3 Å². The fourth-order valence-electron chi connectivity index (χ4n) is 1.69. The van der Waals surface area contributed by atoms with Gasteiger partial charge in [-0.1, -0.05) is 6.07 Å². The predicted octanol–water partition coefficient (Wildman–Crippen LogP) is 1.32. The van der Waals surface area contributed by atoms with Crippen LogP contribution in [-0.4, -0.2) is 55.0 Å². The number of ketones is 1. The maximum atomic E-state index is 12.1. The highest BCUT2D eigenvalue weighted by molar-refractivity contribution is 7.12. The van der Waals surface area contributed by atoms with Crippen molar-refractivity contribution >= 4 is 23.1 Å². The van der Waals surface area contributed by atoms with E-state index in [1.807, 2.05) is 19.5 Å². The van der Waals surface area contributed by atoms with Crippen LogP contribution in [0, 0.1) is 0 Å². The van der Waals surface area contributed by atoms with Crippen molar-refractivity contribution in [2.45, 2.75) is 18.9 Å². The van der Waals surface area contributed by atoms with E-state index >= 15 is 0 Å². The highest BCUT2D eigenvalue weighted by Gasteiger charge is 2.22. The lowest BCUT2D eigenvalue weighted by Crippen LogP contribution is -2.39. The van der Waals surface area contributed by atoms with Gasteiger partial charge < -0.3 is 15.3 Å². The quantitative estimate of drug-likeness (QED) is 0.528. The molecule has 1 atom stereocenters. The molecular weight excluding hydrogens is 264 g/mol. The minimum absolute atomic E-state index is 0.137. The minimum Gasteiger partial charge on any atom is -0.481 e. The number of carbonyl (C=O) groups excluding carboxylic acids is 1. The van der Waals surface area contributed by atoms with Gasteiger partial charge in [-0.3, -0.25) is 9.59 Å². The van der Waals surface area contributed by atoms with E-state index in [0.717, 1.165) is 13.0 Å². The van der Waals surface area contributed by atoms with Crippen molar-refractivity contribution in [1.29, 1.82) is 0 Å². The Morgan fingerprint density at radius 1 is 1.47 bits per heavy atom. The van der Waals surface area contributed by atoms with Crippen LogP contribution in [0.2, 0.25) is 0 Å². The Bertz CT molecular complexity index is 404. The van der Waals surface area contributed by atoms with Crippen molar-refractivity contribution < 1.29 is 14.7 Å². The van der Waals surface area contributed by atoms with E-state index in [9.17, 15) is 9.59 Å². The monoisotopic (exact) mass is 284 g/mol. The summed E-state index contributed by atoms with van der Waals surface area (Å²) in [5.74, 6) is -1.10. The third-order valence-corrected chi connectivity index (χ3v) is 3.52. The molecule has 0 aromatic carbocycles. The van der Waals surface area contributed by atoms with Crippen molar-refractivity contribution in [2.24, 2.45) is 0 Å². The number of carbonyl (C=O) groups is 2. The molecule has 0 amide bonds. The Balaban J connectivity index is 2.52. The molecule has 0 saturated heterocycles. The van der Waals surface area contributed by atoms with E-state index in [0.29, 0.717) is 11.4 Å². The fourth-order valence-corrected chi connectivity index (χ4v) is 2.41. The molecule has 0 saturated carbocycles. The minimum atomic E-state index is -0.963. The van der Waals surface area contributed by atoms with Gasteiger partial charge >= 0.3 is 5.97 Å². The average molecular weight is 284 g/mol. The van der Waals surface area contributed by atoms with Gasteiger partial charge in [-0.25, -0.2) is 0 Å². The number of rotatable bonds is 9. The Kier molecular flexibility index (Phi) is 6.69. The van der Waals surface area contributed by atoms with Crippen LogP contribution in [0.3, 0.4) is 0 Å². The van der Waals surface area contributed by atoms with Crippen LogP contribution in [0.5, 0.6) is 0 Å². The third kappa shape index (κ3) is 5.96. The first kappa shape index (κ1) is 15.8. The smallest absolute Gasteiger partial charge is 0.305 e. The standard InChI is InChI=1S/C13H20N2O3S/c1-15(2)7-4-6-14-10(9-12(16)17)13(18)11-5-3-8-19-11/h3,5,8,10,14H,4,6-7,9H2,1-2H3,(H,16,17). The van der Waals surface area contributed by atoms with E-state index < -0.39 is 12.0 Å². The molecule has 0 aliphatic heterocycles. The Labute approximate surface area is 117 Å². The van der Waals surface area contributed by atoms with Gasteiger partial charge in [0, 0.05) is 0 Å². The normalized spacial score (nSPS) is 12.6. The lowest BCUT2D eigenvalue weighted by Gasteiger charge is -2.16. The van der Waals surface area contributed by atoms with Crippen molar-refractivity contribution in [3.8, 4) is 0 Å². The summed E-state index contributed by atoms with van der Waals surface area (Å²) in [5.41, 5.74) is 0. The van der Waals surface area contributed by atoms with Crippen LogP contribution in [-0.2, 0) is 4.79 Å². The van der Waals surface area contributed by atoms with Crippen LogP contribution in [0.15, 0.2) is 17.5 Å². The highest BCUT2D eigenvalue weighted by atomic mass is 32.1. The van der Waals surface area contributed by atoms with E-state index in [4.69, 9.17) is 5.11 Å². The first-order valence-corrected chi connectivity index (χ1v) is 7.06. The molecule has 0 spiro atoms. The van der Waals surface area contributed by atoms with Gasteiger partial charge in [0.2, 0.25) is 0 Å². The molecule has 2 N–H and O–H groups in total. The number of aliphatic carboxylic acids is 1. The average Bonchev–Trinajstić information content (AvgIpc) is 2.85. The van der Waals surface area contributed by atoms with Crippen LogP contribution in [0.4, 0.5) is 0 Å². The molecule has 6 heteroatoms. The number of nitrogens with zero attached hydrogens (tertiary/aromatic N) is 1. The fraction of sp³-hybridized carbons (Fsp3) is 0.538. The Morgan fingerprint density at radius 3 is 2.74 bits per heavy atom. The van der Waals surface area contributed by atoms with Gasteiger partial charge in [-0.05, 0) is 45.1 Å². The predicted molar refractivity (Wildman–Crippen MR) is 75.9 cm³/mol. The third-order valence-electron chi connectivity index (χ3n) is 2.63. The van der Waals surface area contributed by atoms with Crippen molar-refractivity contribution in [1.82, 2.24) is 10.2 Å². The highest BCUT2D eigenvalue weighted by Crippen LogP contribution is 2.13. The number of hydrogen-bond acceptors (Lipinski definition) is 5. The van der Waals surface area contributed by atoms with Gasteiger partial charge in [0.15, 0.2) is 5.78 Å². The number of nitrogens with one attached hydrogen (secondary N) is 1. The zero-order chi connectivity index (χ0) is 14.3. The van der Waals surface area contributed by atoms with Gasteiger partial charge in [0.25, 0.3) is 0 Å². The number of thiophene rings is 1. The number of Topliss-reactive ketones (excluding diaryl/α,β-unsaturated/α-hetero) is 1. The second kappa shape index (κ2) is 8.04. The van der Waals surface area contributed by atoms with E-state index in [1.54, 1.807) is 12.1 Å². The molecule has 1 unspecified atom stereocenters. The molecule has 5 nitrogen and oxygen atoms in total. The van der Waals surface area contributed by atoms with Crippen LogP contribution in [0.1, 0.15) is 22.5 Å². The summed E-state index contributed by atoms with van der Waals surface area (Å²) in [7, 11) is 3.96. The van der Waals surface area contributed by atoms with E-state index in [1.165, 1.54) is 11.3 Å². The summed E-state index contributed by atoms with van der Waals surface area (Å²) >= 11 is 1.34. The molecule has 1 aromatic heterocycles. The van der Waals surface area contributed by atoms with E-state index in [2.05, 4.69) is 10.2 Å². The molecule has 0 bridgehead atoms. The second-order valence-corrected chi connectivity index (χ2v) is 5.55. The lowest BCUT2D eigenvalue weighted by atomic mass is 10.1. The van der Waals surface area contributed by atoms with Crippen molar-refractivity contribution in [2.75, 3.05) is 27.2 Å². The maximum absolute atomic E-state index is 12.1. The molecular formula is C13H20N2O3S. The number of carboxylic acids is 1. The van der Waals surface area contributed by atoms with Crippen LogP contribution >= 0.6 is 11.3 Å². The molecule has 0 fully saturated rings. The van der Waals surface area contributed by atoms with Crippen LogP contribution in [0.25, 0.3) is 0 Å². The summed E-state index contributed by atoms with van der Waals surface area (Å²) < 4.78 is 0. The zero-order valence-electron chi connectivity index (χ0n) is 11.3. The SMILES string of the molecule is CN(C)CCCNC(CC(=O)O)C(=O)c1cccs1. The molecule has 0 radical (unpaired) electrons. The van der Waals surface area contributed by atoms with Crippen molar-refractivity contribution in [3.05, 3.63) is 22.4 Å². The van der Waals surface area contributed by atoms with E-state index in [-0.39, 0.29) is 12.2 Å². The topological polar surface area (TPSA) is 69.6 Å². The molecule has 1 rings (SSSR count). The molecule has 0 aliphatic carbocycles. The largest absolute Gasteiger partial charge is 0.481 e. The molecule has 1 aromatic rings. The van der Waals surface area contributed by atoms with Gasteiger partial charge in [0.05, 0.1) is 17.3 Å². The Morgan fingerprint density at radius 2 is 2.21 bits per heavy atom. The van der Waals surface area contributed by atoms with Gasteiger partial charge in [-0.2, -0.15) is 0 Å². The summed E-state index contributed by atoms with van der Waals surface area (Å²) in [4.78, 5) is 25.6. The maximum Gasteiger partial charge on any atom is 0.305 e. The van der Waals surface area contributed by atoms with Crippen LogP contribution < -0.4 is 5.32 Å². The number of carboxylic acid groups (broad SMARTS) is 1. The lowest BCUT2D eigenvalue weighted by molar-refractivity contribution is -0.137. The summed E-state index contributed by atoms with van der Waals surface area (Å²) in [6.07, 6.45) is 0.694. The molecule has 1 heterocycles. The Hall–Kier alpha value is -1.24.